The van der Waals surface area contributed by atoms with Crippen LogP contribution in [0.2, 0.25) is 0 Å². The number of pyridine rings is 1. The zero-order chi connectivity index (χ0) is 16.4. The molecular weight excluding hydrogens is 298 g/mol. The second-order valence-corrected chi connectivity index (χ2v) is 7.12. The van der Waals surface area contributed by atoms with Crippen molar-refractivity contribution in [3.8, 4) is 0 Å². The van der Waals surface area contributed by atoms with Crippen molar-refractivity contribution in [2.45, 2.75) is 38.3 Å². The first kappa shape index (κ1) is 15.7. The summed E-state index contributed by atoms with van der Waals surface area (Å²) in [6.45, 7) is 5.23. The van der Waals surface area contributed by atoms with Crippen LogP contribution in [0.5, 0.6) is 0 Å². The summed E-state index contributed by atoms with van der Waals surface area (Å²) in [4.78, 5) is 18.7. The molecule has 126 valence electrons. The quantitative estimate of drug-likeness (QED) is 0.867. The average Bonchev–Trinajstić information content (AvgIpc) is 2.62. The van der Waals surface area contributed by atoms with Crippen LogP contribution in [0.1, 0.15) is 41.4 Å². The molecule has 0 unspecified atom stereocenters. The lowest BCUT2D eigenvalue weighted by molar-refractivity contribution is 0.236. The smallest absolute Gasteiger partial charge is 0.132 e. The molecule has 4 heterocycles. The normalized spacial score (nSPS) is 22.3. The van der Waals surface area contributed by atoms with Gasteiger partial charge in [0, 0.05) is 68.4 Å². The molecule has 2 aliphatic rings. The molecule has 0 spiro atoms. The lowest BCUT2D eigenvalue weighted by Crippen LogP contribution is -2.33. The highest BCUT2D eigenvalue weighted by atomic mass is 15.1. The van der Waals surface area contributed by atoms with Crippen LogP contribution in [0, 0.1) is 0 Å². The van der Waals surface area contributed by atoms with E-state index in [1.54, 1.807) is 0 Å². The van der Waals surface area contributed by atoms with Crippen LogP contribution in [0.3, 0.4) is 0 Å². The zero-order valence-electron chi connectivity index (χ0n) is 14.4. The van der Waals surface area contributed by atoms with Crippen molar-refractivity contribution in [2.75, 3.05) is 26.7 Å². The van der Waals surface area contributed by atoms with Gasteiger partial charge in [-0.15, -0.1) is 0 Å². The largest absolute Gasteiger partial charge is 0.306 e. The van der Waals surface area contributed by atoms with E-state index in [1.165, 1.54) is 36.2 Å². The molecule has 2 aromatic heterocycles. The second-order valence-electron chi connectivity index (χ2n) is 7.12. The lowest BCUT2D eigenvalue weighted by atomic mass is 9.97. The van der Waals surface area contributed by atoms with E-state index in [4.69, 9.17) is 9.97 Å². The van der Waals surface area contributed by atoms with Gasteiger partial charge in [0.15, 0.2) is 0 Å². The first-order valence-electron chi connectivity index (χ1n) is 8.92. The summed E-state index contributed by atoms with van der Waals surface area (Å²) in [5, 5.41) is 0. The van der Waals surface area contributed by atoms with E-state index in [0.29, 0.717) is 5.92 Å². The van der Waals surface area contributed by atoms with E-state index in [9.17, 15) is 0 Å². The fraction of sp³-hybridized carbons (Fsp3) is 0.526. The van der Waals surface area contributed by atoms with Crippen molar-refractivity contribution in [1.29, 1.82) is 0 Å². The predicted octanol–water partition coefficient (Wildman–Crippen LogP) is 2.24. The van der Waals surface area contributed by atoms with Gasteiger partial charge in [-0.2, -0.15) is 0 Å². The molecule has 0 amide bonds. The van der Waals surface area contributed by atoms with Gasteiger partial charge in [-0.05, 0) is 38.1 Å². The van der Waals surface area contributed by atoms with E-state index in [-0.39, 0.29) is 0 Å². The Balaban J connectivity index is 1.45. The van der Waals surface area contributed by atoms with Crippen LogP contribution in [0.15, 0.2) is 30.7 Å². The van der Waals surface area contributed by atoms with Crippen molar-refractivity contribution >= 4 is 0 Å². The van der Waals surface area contributed by atoms with Gasteiger partial charge < -0.3 is 4.90 Å². The van der Waals surface area contributed by atoms with Crippen LogP contribution in [0.25, 0.3) is 0 Å². The highest BCUT2D eigenvalue weighted by Crippen LogP contribution is 2.26. The molecule has 2 aromatic rings. The first-order chi connectivity index (χ1) is 11.8. The number of nitrogens with zero attached hydrogens (tertiary/aromatic N) is 5. The van der Waals surface area contributed by atoms with E-state index < -0.39 is 0 Å². The lowest BCUT2D eigenvalue weighted by Gasteiger charge is -2.31. The summed E-state index contributed by atoms with van der Waals surface area (Å²) in [6.07, 6.45) is 9.34. The average molecular weight is 323 g/mol. The van der Waals surface area contributed by atoms with Gasteiger partial charge in [0.2, 0.25) is 0 Å². The molecule has 0 bridgehead atoms. The molecule has 0 saturated carbocycles. The number of hydrogen-bond donors (Lipinski definition) is 0. The molecule has 0 radical (unpaired) electrons. The van der Waals surface area contributed by atoms with Gasteiger partial charge in [-0.25, -0.2) is 9.97 Å². The van der Waals surface area contributed by atoms with Gasteiger partial charge in [-0.1, -0.05) is 6.07 Å². The molecule has 1 atom stereocenters. The maximum Gasteiger partial charge on any atom is 0.132 e. The summed E-state index contributed by atoms with van der Waals surface area (Å²) in [6, 6.07) is 4.14. The second kappa shape index (κ2) is 6.95. The number of hydrogen-bond acceptors (Lipinski definition) is 5. The van der Waals surface area contributed by atoms with Crippen LogP contribution >= 0.6 is 0 Å². The topological polar surface area (TPSA) is 45.2 Å². The minimum Gasteiger partial charge on any atom is -0.306 e. The molecule has 0 aliphatic carbocycles. The Hall–Kier alpha value is -1.85. The van der Waals surface area contributed by atoms with Crippen molar-refractivity contribution in [1.82, 2.24) is 24.8 Å². The molecule has 24 heavy (non-hydrogen) atoms. The Bertz CT molecular complexity index is 687. The summed E-state index contributed by atoms with van der Waals surface area (Å²) >= 11 is 0. The van der Waals surface area contributed by atoms with Crippen LogP contribution in [0.4, 0.5) is 0 Å². The number of rotatable bonds is 3. The fourth-order valence-corrected chi connectivity index (χ4v) is 3.85. The SMILES string of the molecule is CN1CCC[C@H](c2ncc3c(n2)CCN(Cc2cccnc2)C3)C1. The number of piperidine rings is 1. The van der Waals surface area contributed by atoms with E-state index >= 15 is 0 Å². The van der Waals surface area contributed by atoms with Gasteiger partial charge in [-0.3, -0.25) is 9.88 Å². The Morgan fingerprint density at radius 1 is 1.25 bits per heavy atom. The Labute approximate surface area is 143 Å². The maximum atomic E-state index is 4.94. The van der Waals surface area contributed by atoms with Crippen molar-refractivity contribution in [3.05, 3.63) is 53.4 Å². The summed E-state index contributed by atoms with van der Waals surface area (Å²) in [7, 11) is 2.20. The minimum absolute atomic E-state index is 0.502. The summed E-state index contributed by atoms with van der Waals surface area (Å²) in [5.74, 6) is 1.56. The number of likely N-dealkylation sites (tertiary alicyclic amines) is 1. The summed E-state index contributed by atoms with van der Waals surface area (Å²) in [5.41, 5.74) is 3.82. The summed E-state index contributed by atoms with van der Waals surface area (Å²) < 4.78 is 0. The van der Waals surface area contributed by atoms with Crippen molar-refractivity contribution < 1.29 is 0 Å². The van der Waals surface area contributed by atoms with Crippen LogP contribution < -0.4 is 0 Å². The van der Waals surface area contributed by atoms with E-state index in [0.717, 1.165) is 38.4 Å². The third-order valence-corrected chi connectivity index (χ3v) is 5.15. The molecule has 5 heteroatoms. The Morgan fingerprint density at radius 3 is 3.04 bits per heavy atom. The van der Waals surface area contributed by atoms with Crippen LogP contribution in [-0.2, 0) is 19.5 Å². The first-order valence-corrected chi connectivity index (χ1v) is 8.92. The Morgan fingerprint density at radius 2 is 2.21 bits per heavy atom. The molecule has 5 nitrogen and oxygen atoms in total. The molecule has 2 aliphatic heterocycles. The Kier molecular flexibility index (Phi) is 4.54. The minimum atomic E-state index is 0.502. The molecule has 1 saturated heterocycles. The highest BCUT2D eigenvalue weighted by Gasteiger charge is 2.24. The van der Waals surface area contributed by atoms with Crippen LogP contribution in [-0.4, -0.2) is 51.4 Å². The highest BCUT2D eigenvalue weighted by molar-refractivity contribution is 5.22. The van der Waals surface area contributed by atoms with Gasteiger partial charge >= 0.3 is 0 Å². The maximum absolute atomic E-state index is 4.94. The van der Waals surface area contributed by atoms with Crippen molar-refractivity contribution in [2.24, 2.45) is 0 Å². The molecule has 1 fully saturated rings. The van der Waals surface area contributed by atoms with Crippen molar-refractivity contribution in [3.63, 3.8) is 0 Å². The third kappa shape index (κ3) is 3.47. The molecular formula is C19H25N5. The zero-order valence-corrected chi connectivity index (χ0v) is 14.4. The predicted molar refractivity (Wildman–Crippen MR) is 93.6 cm³/mol. The third-order valence-electron chi connectivity index (χ3n) is 5.15. The van der Waals surface area contributed by atoms with E-state index in [1.807, 2.05) is 18.5 Å². The van der Waals surface area contributed by atoms with E-state index in [2.05, 4.69) is 34.1 Å². The van der Waals surface area contributed by atoms with Gasteiger partial charge in [0.25, 0.3) is 0 Å². The number of likely N-dealkylation sites (N-methyl/N-ethyl adjacent to an activating group) is 1. The van der Waals surface area contributed by atoms with Gasteiger partial charge in [0.1, 0.15) is 5.82 Å². The van der Waals surface area contributed by atoms with Gasteiger partial charge in [0.05, 0.1) is 0 Å². The monoisotopic (exact) mass is 323 g/mol. The fourth-order valence-electron chi connectivity index (χ4n) is 3.85. The standard InChI is InChI=1S/C19H25N5/c1-23-8-3-5-16(13-23)19-21-11-17-14-24(9-6-18(17)22-19)12-15-4-2-7-20-10-15/h2,4,7,10-11,16H,3,5-6,8-9,12-14H2,1H3/t16-/m0/s1. The molecule has 0 aromatic carbocycles. The number of fused-ring (bicyclic) bond motifs is 1. The molecule has 4 rings (SSSR count). The number of aromatic nitrogens is 3. The molecule has 0 N–H and O–H groups in total.